The Kier molecular flexibility index (Phi) is 10.6. The molecule has 4 aromatic heterocycles. The lowest BCUT2D eigenvalue weighted by Crippen LogP contribution is -2.63. The van der Waals surface area contributed by atoms with Crippen molar-refractivity contribution in [2.24, 2.45) is 0 Å². The van der Waals surface area contributed by atoms with Gasteiger partial charge in [0, 0.05) is 0 Å². The van der Waals surface area contributed by atoms with Crippen molar-refractivity contribution >= 4 is 69.9 Å². The van der Waals surface area contributed by atoms with Gasteiger partial charge in [-0.25, -0.2) is 29.9 Å². The van der Waals surface area contributed by atoms with Crippen LogP contribution in [0.25, 0.3) is 22.3 Å². The number of nitrogen functional groups attached to an aromatic ring is 2. The van der Waals surface area contributed by atoms with Gasteiger partial charge in [-0.15, -0.1) is 0 Å². The van der Waals surface area contributed by atoms with Gasteiger partial charge in [0.1, 0.15) is 48.1 Å². The van der Waals surface area contributed by atoms with E-state index in [1.165, 1.54) is 17.2 Å². The van der Waals surface area contributed by atoms with Crippen molar-refractivity contribution in [3.05, 3.63) is 19.0 Å². The van der Waals surface area contributed by atoms with Gasteiger partial charge in [-0.3, -0.25) is 27.4 Å². The molecule has 6 rings (SSSR count). The zero-order valence-electron chi connectivity index (χ0n) is 26.3. The fourth-order valence-corrected chi connectivity index (χ4v) is 11.4. The number of aliphatic hydroxyl groups is 6. The second-order valence-corrected chi connectivity index (χ2v) is 18.2. The van der Waals surface area contributed by atoms with Crippen LogP contribution in [0.4, 0.5) is 11.6 Å². The zero-order valence-corrected chi connectivity index (χ0v) is 29.8. The second kappa shape index (κ2) is 13.6. The first-order valence-corrected chi connectivity index (χ1v) is 20.6. The Morgan fingerprint density at radius 3 is 1.83 bits per heavy atom. The van der Waals surface area contributed by atoms with Crippen LogP contribution in [-0.4, -0.2) is 157 Å². The number of imidazole rings is 2. The van der Waals surface area contributed by atoms with E-state index in [4.69, 9.17) is 26.0 Å². The van der Waals surface area contributed by atoms with Crippen molar-refractivity contribution in [1.29, 1.82) is 0 Å². The summed E-state index contributed by atoms with van der Waals surface area (Å²) in [7, 11) is -25.2. The molecule has 0 radical (unpaired) electrons. The lowest BCUT2D eigenvalue weighted by molar-refractivity contribution is -0.122. The summed E-state index contributed by atoms with van der Waals surface area (Å²) in [5.74, 6) is -0.648. The lowest BCUT2D eigenvalue weighted by Gasteiger charge is -2.45. The number of fused-ring (bicyclic) bond motifs is 2. The molecule has 6 heterocycles. The predicted molar refractivity (Wildman–Crippen MR) is 170 cm³/mol. The molecule has 0 aliphatic carbocycles. The van der Waals surface area contributed by atoms with Crippen molar-refractivity contribution < 1.29 is 97.5 Å². The van der Waals surface area contributed by atoms with Crippen LogP contribution < -0.4 is 17.0 Å². The van der Waals surface area contributed by atoms with Crippen LogP contribution in [0.15, 0.2) is 19.0 Å². The highest BCUT2D eigenvalue weighted by atomic mass is 31.2. The van der Waals surface area contributed by atoms with Gasteiger partial charge in [0.05, 0.1) is 19.5 Å². The third kappa shape index (κ3) is 6.01. The number of aromatic nitrogens is 8. The average Bonchev–Trinajstić information content (AvgIpc) is 3.80. The molecule has 34 heteroatoms. The molecule has 0 bridgehead atoms. The van der Waals surface area contributed by atoms with Crippen molar-refractivity contribution in [1.82, 2.24) is 39.0 Å². The number of hydrogen-bond donors (Lipinski definition) is 16. The molecule has 2 aliphatic heterocycles. The summed E-state index contributed by atoms with van der Waals surface area (Å²) in [6.07, 6.45) is -4.21. The molecule has 2 saturated heterocycles. The summed E-state index contributed by atoms with van der Waals surface area (Å²) in [5.41, 5.74) is 4.17. The first-order chi connectivity index (χ1) is 24.7. The van der Waals surface area contributed by atoms with E-state index in [0.717, 1.165) is 0 Å². The van der Waals surface area contributed by atoms with Crippen LogP contribution in [-0.2, 0) is 33.2 Å². The highest BCUT2D eigenvalue weighted by Crippen LogP contribution is 2.81. The molecule has 30 nitrogen and oxygen atoms in total. The van der Waals surface area contributed by atoms with E-state index in [-0.39, 0.29) is 16.7 Å². The molecule has 54 heavy (non-hydrogen) atoms. The standard InChI is InChI=1S/C10H17N5O16P4.C10H13N5O4/c11-5-4-6(14-7(13-5)32(19,20)21)15(2-12-4)10(35(28,29)30)9(18,34(25,26)27)8(17,33(22,23)24)3(1-16)31-10;11-8-5-9(13-2-12-8)15(3-14-5)10-7(18)6(17)4(1-16)19-10/h2-3,16-18H,1H2,(H2,11,13,14)(H2,19,20,21)(H2,22,23,24)(H2,25,26,27)(H2,28,29,30);2-4,6-7,10,16-18H,1H2,(H2,11,12,13)/t3-,8+,9+,10+;4-,6-,7-,10-/m11/s1. The molecule has 0 amide bonds. The molecule has 2 aliphatic rings. The van der Waals surface area contributed by atoms with Gasteiger partial charge in [-0.2, -0.15) is 0 Å². The Hall–Kier alpha value is -3.02. The van der Waals surface area contributed by atoms with Gasteiger partial charge in [0.15, 0.2) is 29.2 Å². The van der Waals surface area contributed by atoms with E-state index in [0.29, 0.717) is 11.2 Å². The molecule has 8 atom stereocenters. The van der Waals surface area contributed by atoms with Gasteiger partial charge in [-0.05, 0) is 0 Å². The SMILES string of the molecule is Nc1nc(P(=O)(O)O)nc2c1ncn2[C@]1(P(=O)(O)O)O[C@H](CO)[C@](O)(P(=O)(O)O)[C@]1(O)P(=O)(O)O.Nc1ncnc2c1ncn2[C@@H]1O[C@H](CO)[C@@H](O)[C@H]1O. The minimum atomic E-state index is -6.78. The molecule has 0 aromatic carbocycles. The van der Waals surface area contributed by atoms with E-state index in [9.17, 15) is 82.9 Å². The molecule has 0 unspecified atom stereocenters. The lowest BCUT2D eigenvalue weighted by atomic mass is 10.1. The number of hydrogen-bond acceptors (Lipinski definition) is 20. The summed E-state index contributed by atoms with van der Waals surface area (Å²) in [6.45, 7) is -2.18. The van der Waals surface area contributed by atoms with Crippen LogP contribution in [0, 0.1) is 0 Å². The maximum absolute atomic E-state index is 12.7. The maximum Gasteiger partial charge on any atom is 0.393 e. The summed E-state index contributed by atoms with van der Waals surface area (Å²) in [4.78, 5) is 100. The van der Waals surface area contributed by atoms with E-state index in [2.05, 4.69) is 29.9 Å². The fraction of sp³-hybridized carbons (Fsp3) is 0.500. The van der Waals surface area contributed by atoms with Crippen LogP contribution >= 0.6 is 30.4 Å². The van der Waals surface area contributed by atoms with Gasteiger partial charge < -0.3 is 90.7 Å². The molecule has 18 N–H and O–H groups in total. The smallest absolute Gasteiger partial charge is 0.393 e. The molecule has 2 fully saturated rings. The van der Waals surface area contributed by atoms with Crippen molar-refractivity contribution in [2.75, 3.05) is 24.7 Å². The number of aliphatic hydroxyl groups excluding tert-OH is 4. The monoisotopic (exact) mass is 854 g/mol. The summed E-state index contributed by atoms with van der Waals surface area (Å²) in [6, 6.07) is 0. The molecule has 4 aromatic rings. The maximum atomic E-state index is 12.7. The van der Waals surface area contributed by atoms with Crippen molar-refractivity contribution in [2.45, 2.75) is 46.8 Å². The number of nitrogens with zero attached hydrogens (tertiary/aromatic N) is 8. The summed E-state index contributed by atoms with van der Waals surface area (Å²) >= 11 is 0. The highest BCUT2D eigenvalue weighted by molar-refractivity contribution is 7.61. The zero-order chi connectivity index (χ0) is 40.8. The van der Waals surface area contributed by atoms with E-state index in [1.807, 2.05) is 0 Å². The largest absolute Gasteiger partial charge is 0.394 e. The number of nitrogens with two attached hydrogens (primary N) is 2. The van der Waals surface area contributed by atoms with Gasteiger partial charge in [0.2, 0.25) is 10.9 Å². The third-order valence-corrected chi connectivity index (χ3v) is 13.8. The first kappa shape index (κ1) is 42.1. The number of rotatable bonds is 8. The predicted octanol–water partition coefficient (Wildman–Crippen LogP) is -6.86. The minimum Gasteiger partial charge on any atom is -0.394 e. The quantitative estimate of drug-likeness (QED) is 0.0732. The Morgan fingerprint density at radius 2 is 1.33 bits per heavy atom. The molecular formula is C20H30N10O20P4. The van der Waals surface area contributed by atoms with Crippen molar-refractivity contribution in [3.8, 4) is 0 Å². The normalized spacial score (nSPS) is 30.9. The van der Waals surface area contributed by atoms with Gasteiger partial charge in [0.25, 0.3) is 10.8 Å². The molecular weight excluding hydrogens is 824 g/mol. The first-order valence-electron chi connectivity index (χ1n) is 14.2. The summed E-state index contributed by atoms with van der Waals surface area (Å²) < 4.78 is 60.5. The third-order valence-electron chi connectivity index (χ3n) is 8.33. The Balaban J connectivity index is 0.000000246. The van der Waals surface area contributed by atoms with Crippen LogP contribution in [0.3, 0.4) is 0 Å². The Labute approximate surface area is 297 Å². The van der Waals surface area contributed by atoms with Crippen molar-refractivity contribution in [3.63, 3.8) is 0 Å². The fourth-order valence-electron chi connectivity index (χ4n) is 5.85. The minimum absolute atomic E-state index is 0.207. The van der Waals surface area contributed by atoms with Crippen LogP contribution in [0.1, 0.15) is 6.23 Å². The van der Waals surface area contributed by atoms with E-state index >= 15 is 0 Å². The molecule has 0 saturated carbocycles. The average molecular weight is 854 g/mol. The van der Waals surface area contributed by atoms with Gasteiger partial charge >= 0.3 is 30.4 Å². The number of anilines is 2. The van der Waals surface area contributed by atoms with Gasteiger partial charge in [-0.1, -0.05) is 0 Å². The van der Waals surface area contributed by atoms with E-state index < -0.39 is 113 Å². The molecule has 0 spiro atoms. The number of ether oxygens (including phenoxy) is 2. The van der Waals surface area contributed by atoms with Crippen LogP contribution in [0.2, 0.25) is 0 Å². The highest BCUT2D eigenvalue weighted by Gasteiger charge is 2.91. The van der Waals surface area contributed by atoms with E-state index in [1.54, 1.807) is 0 Å². The Bertz CT molecular complexity index is 2290. The second-order valence-electron chi connectivity index (χ2n) is 11.5. The molecule has 300 valence electrons. The summed E-state index contributed by atoms with van der Waals surface area (Å²) in [5, 5.41) is 50.7. The van der Waals surface area contributed by atoms with Crippen LogP contribution in [0.5, 0.6) is 0 Å². The topological polar surface area (TPSA) is 509 Å². The Morgan fingerprint density at radius 1 is 0.741 bits per heavy atom.